The van der Waals surface area contributed by atoms with E-state index in [0.29, 0.717) is 29.4 Å². The molecular weight excluding hydrogens is 440 g/mol. The van der Waals surface area contributed by atoms with Gasteiger partial charge in [0.25, 0.3) is 11.1 Å². The average Bonchev–Trinajstić information content (AvgIpc) is 3.07. The third kappa shape index (κ3) is 4.85. The predicted octanol–water partition coefficient (Wildman–Crippen LogP) is 4.92. The number of imide groups is 1. The van der Waals surface area contributed by atoms with Crippen molar-refractivity contribution in [2.24, 2.45) is 0 Å². The zero-order chi connectivity index (χ0) is 23.4. The Morgan fingerprint density at radius 1 is 1.06 bits per heavy atom. The third-order valence-corrected chi connectivity index (χ3v) is 5.93. The standard InChI is InChI=1S/C25H22N2O5S/c1-3-32-20-12-11-16(13-21(20)31-2)14-22-24(29)27(25(30)33-22)15-23(28)26-19-10-6-8-17-7-4-5-9-18(17)19/h4-14H,3,15H2,1-2H3,(H,26,28)/b22-14+. The second-order valence-corrected chi connectivity index (χ2v) is 8.18. The Morgan fingerprint density at radius 3 is 2.64 bits per heavy atom. The molecular formula is C25H22N2O5S. The first-order valence-corrected chi connectivity index (χ1v) is 11.2. The van der Waals surface area contributed by atoms with Crippen LogP contribution in [-0.2, 0) is 9.59 Å². The lowest BCUT2D eigenvalue weighted by Gasteiger charge is -2.13. The molecule has 1 N–H and O–H groups in total. The van der Waals surface area contributed by atoms with Gasteiger partial charge in [0.2, 0.25) is 5.91 Å². The monoisotopic (exact) mass is 462 g/mol. The number of fused-ring (bicyclic) bond motifs is 1. The molecule has 0 aliphatic carbocycles. The lowest BCUT2D eigenvalue weighted by molar-refractivity contribution is -0.127. The van der Waals surface area contributed by atoms with Gasteiger partial charge in [0.05, 0.1) is 18.6 Å². The number of rotatable bonds is 7. The minimum atomic E-state index is -0.508. The summed E-state index contributed by atoms with van der Waals surface area (Å²) in [7, 11) is 1.53. The number of nitrogens with one attached hydrogen (secondary N) is 1. The number of benzene rings is 3. The number of hydrogen-bond donors (Lipinski definition) is 1. The van der Waals surface area contributed by atoms with Gasteiger partial charge in [0.15, 0.2) is 11.5 Å². The first-order chi connectivity index (χ1) is 16.0. The molecule has 8 heteroatoms. The maximum absolute atomic E-state index is 12.8. The topological polar surface area (TPSA) is 84.9 Å². The Bertz CT molecular complexity index is 1270. The van der Waals surface area contributed by atoms with Crippen molar-refractivity contribution in [3.63, 3.8) is 0 Å². The summed E-state index contributed by atoms with van der Waals surface area (Å²) in [5, 5.41) is 4.18. The summed E-state index contributed by atoms with van der Waals surface area (Å²) < 4.78 is 10.8. The summed E-state index contributed by atoms with van der Waals surface area (Å²) in [4.78, 5) is 39.1. The van der Waals surface area contributed by atoms with Crippen LogP contribution in [0.25, 0.3) is 16.8 Å². The quantitative estimate of drug-likeness (QED) is 0.502. The number of methoxy groups -OCH3 is 1. The molecule has 0 saturated carbocycles. The van der Waals surface area contributed by atoms with E-state index in [9.17, 15) is 14.4 Å². The summed E-state index contributed by atoms with van der Waals surface area (Å²) >= 11 is 0.802. The highest BCUT2D eigenvalue weighted by atomic mass is 32.2. The highest BCUT2D eigenvalue weighted by molar-refractivity contribution is 8.18. The van der Waals surface area contributed by atoms with Crippen LogP contribution >= 0.6 is 11.8 Å². The van der Waals surface area contributed by atoms with Gasteiger partial charge in [-0.2, -0.15) is 0 Å². The van der Waals surface area contributed by atoms with E-state index in [1.54, 1.807) is 30.3 Å². The Kier molecular flexibility index (Phi) is 6.65. The molecule has 0 unspecified atom stereocenters. The minimum absolute atomic E-state index is 0.240. The van der Waals surface area contributed by atoms with Crippen LogP contribution in [0.2, 0.25) is 0 Å². The molecule has 33 heavy (non-hydrogen) atoms. The SMILES string of the molecule is CCOc1ccc(/C=C2/SC(=O)N(CC(=O)Nc3cccc4ccccc34)C2=O)cc1OC. The van der Waals surface area contributed by atoms with Gasteiger partial charge in [-0.25, -0.2) is 0 Å². The van der Waals surface area contributed by atoms with E-state index in [0.717, 1.165) is 27.4 Å². The van der Waals surface area contributed by atoms with Crippen LogP contribution in [0.1, 0.15) is 12.5 Å². The lowest BCUT2D eigenvalue weighted by Crippen LogP contribution is -2.36. The fourth-order valence-corrected chi connectivity index (χ4v) is 4.34. The van der Waals surface area contributed by atoms with Crippen molar-refractivity contribution in [2.75, 3.05) is 25.6 Å². The van der Waals surface area contributed by atoms with Crippen molar-refractivity contribution in [2.45, 2.75) is 6.92 Å². The van der Waals surface area contributed by atoms with Crippen molar-refractivity contribution in [1.29, 1.82) is 0 Å². The lowest BCUT2D eigenvalue weighted by atomic mass is 10.1. The van der Waals surface area contributed by atoms with Gasteiger partial charge in [-0.3, -0.25) is 19.3 Å². The molecule has 0 radical (unpaired) electrons. The van der Waals surface area contributed by atoms with Crippen LogP contribution in [0.15, 0.2) is 65.6 Å². The average molecular weight is 463 g/mol. The van der Waals surface area contributed by atoms with Gasteiger partial charge in [0, 0.05) is 11.1 Å². The molecule has 0 spiro atoms. The molecule has 1 saturated heterocycles. The Hall–Kier alpha value is -3.78. The fraction of sp³-hybridized carbons (Fsp3) is 0.160. The summed E-state index contributed by atoms with van der Waals surface area (Å²) in [6.07, 6.45) is 1.60. The van der Waals surface area contributed by atoms with Crippen molar-refractivity contribution < 1.29 is 23.9 Å². The largest absolute Gasteiger partial charge is 0.493 e. The highest BCUT2D eigenvalue weighted by Gasteiger charge is 2.36. The van der Waals surface area contributed by atoms with Crippen LogP contribution in [0.5, 0.6) is 11.5 Å². The van der Waals surface area contributed by atoms with E-state index in [4.69, 9.17) is 9.47 Å². The van der Waals surface area contributed by atoms with Gasteiger partial charge < -0.3 is 14.8 Å². The third-order valence-electron chi connectivity index (χ3n) is 5.02. The van der Waals surface area contributed by atoms with Crippen LogP contribution in [0, 0.1) is 0 Å². The number of nitrogens with zero attached hydrogens (tertiary/aromatic N) is 1. The van der Waals surface area contributed by atoms with E-state index in [1.165, 1.54) is 7.11 Å². The second kappa shape index (κ2) is 9.79. The first kappa shape index (κ1) is 22.4. The van der Waals surface area contributed by atoms with Crippen LogP contribution in [-0.4, -0.2) is 42.2 Å². The van der Waals surface area contributed by atoms with Crippen LogP contribution < -0.4 is 14.8 Å². The fourth-order valence-electron chi connectivity index (χ4n) is 3.50. The smallest absolute Gasteiger partial charge is 0.294 e. The van der Waals surface area contributed by atoms with Gasteiger partial charge in [-0.15, -0.1) is 0 Å². The molecule has 0 aromatic heterocycles. The van der Waals surface area contributed by atoms with Gasteiger partial charge in [0.1, 0.15) is 6.54 Å². The number of amides is 3. The van der Waals surface area contributed by atoms with Crippen LogP contribution in [0.3, 0.4) is 0 Å². The molecule has 1 aliphatic rings. The summed E-state index contributed by atoms with van der Waals surface area (Å²) in [5.74, 6) is 0.165. The molecule has 168 valence electrons. The van der Waals surface area contributed by atoms with E-state index < -0.39 is 17.1 Å². The maximum Gasteiger partial charge on any atom is 0.294 e. The number of anilines is 1. The van der Waals surface area contributed by atoms with E-state index >= 15 is 0 Å². The second-order valence-electron chi connectivity index (χ2n) is 7.19. The number of ether oxygens (including phenoxy) is 2. The number of carbonyl (C=O) groups excluding carboxylic acids is 3. The number of hydrogen-bond acceptors (Lipinski definition) is 6. The molecule has 4 rings (SSSR count). The number of carbonyl (C=O) groups is 3. The molecule has 0 atom stereocenters. The Morgan fingerprint density at radius 2 is 1.85 bits per heavy atom. The molecule has 3 aromatic rings. The van der Waals surface area contributed by atoms with Crippen molar-refractivity contribution in [1.82, 2.24) is 4.90 Å². The first-order valence-electron chi connectivity index (χ1n) is 10.3. The van der Waals surface area contributed by atoms with Crippen molar-refractivity contribution in [3.05, 3.63) is 71.1 Å². The predicted molar refractivity (Wildman–Crippen MR) is 129 cm³/mol. The molecule has 1 heterocycles. The van der Waals surface area contributed by atoms with E-state index in [-0.39, 0.29) is 11.4 Å². The zero-order valence-electron chi connectivity index (χ0n) is 18.2. The Balaban J connectivity index is 1.48. The molecule has 3 aromatic carbocycles. The van der Waals surface area contributed by atoms with Gasteiger partial charge >= 0.3 is 0 Å². The van der Waals surface area contributed by atoms with Gasteiger partial charge in [-0.1, -0.05) is 42.5 Å². The minimum Gasteiger partial charge on any atom is -0.493 e. The summed E-state index contributed by atoms with van der Waals surface area (Å²) in [6, 6.07) is 18.5. The van der Waals surface area contributed by atoms with Gasteiger partial charge in [-0.05, 0) is 53.9 Å². The molecule has 0 bridgehead atoms. The molecule has 1 aliphatic heterocycles. The summed E-state index contributed by atoms with van der Waals surface area (Å²) in [5.41, 5.74) is 1.31. The molecule has 1 fully saturated rings. The molecule has 7 nitrogen and oxygen atoms in total. The number of thioether (sulfide) groups is 1. The maximum atomic E-state index is 12.8. The normalized spacial score (nSPS) is 14.7. The van der Waals surface area contributed by atoms with Crippen molar-refractivity contribution in [3.8, 4) is 11.5 Å². The zero-order valence-corrected chi connectivity index (χ0v) is 19.0. The molecule has 3 amide bonds. The Labute approximate surface area is 195 Å². The summed E-state index contributed by atoms with van der Waals surface area (Å²) in [6.45, 7) is 2.01. The van der Waals surface area contributed by atoms with E-state index in [2.05, 4.69) is 5.32 Å². The highest BCUT2D eigenvalue weighted by Crippen LogP contribution is 2.34. The van der Waals surface area contributed by atoms with Crippen LogP contribution in [0.4, 0.5) is 10.5 Å². The van der Waals surface area contributed by atoms with Crippen molar-refractivity contribution >= 4 is 51.4 Å². The van der Waals surface area contributed by atoms with E-state index in [1.807, 2.05) is 43.3 Å².